The molecule has 4 aromatic rings. The Morgan fingerprint density at radius 2 is 1.92 bits per heavy atom. The maximum absolute atomic E-state index is 11.5. The van der Waals surface area contributed by atoms with Crippen LogP contribution in [0, 0.1) is 0 Å². The second-order valence-corrected chi connectivity index (χ2v) is 9.15. The minimum absolute atomic E-state index is 0.226. The molecule has 3 aromatic heterocycles. The molecule has 1 fully saturated rings. The molecule has 0 aliphatic carbocycles. The summed E-state index contributed by atoms with van der Waals surface area (Å²) in [6.07, 6.45) is 7.15. The lowest BCUT2D eigenvalue weighted by Gasteiger charge is -2.37. The highest BCUT2D eigenvalue weighted by atomic mass is 16.5. The molecule has 2 aliphatic heterocycles. The monoisotopic (exact) mass is 497 g/mol. The molecule has 188 valence electrons. The Labute approximate surface area is 213 Å². The molecule has 6 rings (SSSR count). The number of aromatic nitrogens is 6. The van der Waals surface area contributed by atoms with Crippen LogP contribution in [0.1, 0.15) is 18.2 Å². The molecule has 11 heteroatoms. The summed E-state index contributed by atoms with van der Waals surface area (Å²) in [6, 6.07) is 9.88. The van der Waals surface area contributed by atoms with Crippen LogP contribution in [0.2, 0.25) is 0 Å². The van der Waals surface area contributed by atoms with E-state index < -0.39 is 0 Å². The normalized spacial score (nSPS) is 17.4. The summed E-state index contributed by atoms with van der Waals surface area (Å²) < 4.78 is 5.69. The standard InChI is InChI=1S/C26H27N9O2/c1-17-16-37-12-11-35(17)25-20-7-10-34(26-28-8-2-9-29-26)15-21(20)31-24(33-25)18-3-5-19(6-4-18)30-22-13-27-14-23(36)32-22/h2-6,8-9,13-14,17H,7,10-12,15-16H2,1H3,(H2,30,32,36). The van der Waals surface area contributed by atoms with E-state index >= 15 is 0 Å². The summed E-state index contributed by atoms with van der Waals surface area (Å²) in [6.45, 7) is 5.75. The summed E-state index contributed by atoms with van der Waals surface area (Å²) in [5, 5.41) is 3.16. The smallest absolute Gasteiger partial charge is 0.267 e. The number of nitrogens with zero attached hydrogens (tertiary/aromatic N) is 7. The summed E-state index contributed by atoms with van der Waals surface area (Å²) in [5.41, 5.74) is 3.64. The van der Waals surface area contributed by atoms with E-state index in [1.807, 2.05) is 30.3 Å². The first kappa shape index (κ1) is 23.0. The predicted molar refractivity (Wildman–Crippen MR) is 140 cm³/mol. The van der Waals surface area contributed by atoms with Crippen molar-refractivity contribution in [2.45, 2.75) is 25.9 Å². The van der Waals surface area contributed by atoms with Crippen molar-refractivity contribution in [1.82, 2.24) is 29.9 Å². The van der Waals surface area contributed by atoms with Crippen molar-refractivity contribution in [2.75, 3.05) is 41.4 Å². The lowest BCUT2D eigenvalue weighted by molar-refractivity contribution is 0.0984. The molecule has 11 nitrogen and oxygen atoms in total. The van der Waals surface area contributed by atoms with E-state index in [0.717, 1.165) is 42.3 Å². The molecular formula is C26H27N9O2. The third-order valence-electron chi connectivity index (χ3n) is 6.59. The number of hydrogen-bond acceptors (Lipinski definition) is 10. The molecule has 1 saturated heterocycles. The third-order valence-corrected chi connectivity index (χ3v) is 6.59. The van der Waals surface area contributed by atoms with Gasteiger partial charge in [-0.15, -0.1) is 0 Å². The third kappa shape index (κ3) is 4.85. The van der Waals surface area contributed by atoms with Crippen LogP contribution in [0.5, 0.6) is 0 Å². The number of aromatic amines is 1. The van der Waals surface area contributed by atoms with Gasteiger partial charge in [0, 0.05) is 42.3 Å². The van der Waals surface area contributed by atoms with Crippen LogP contribution in [0.4, 0.5) is 23.3 Å². The van der Waals surface area contributed by atoms with Gasteiger partial charge in [-0.05, 0) is 43.7 Å². The van der Waals surface area contributed by atoms with Crippen molar-refractivity contribution in [1.29, 1.82) is 0 Å². The van der Waals surface area contributed by atoms with Crippen molar-refractivity contribution < 1.29 is 4.74 Å². The first-order chi connectivity index (χ1) is 18.1. The van der Waals surface area contributed by atoms with E-state index in [4.69, 9.17) is 14.7 Å². The average Bonchev–Trinajstić information content (AvgIpc) is 2.93. The number of morpholine rings is 1. The topological polar surface area (TPSA) is 125 Å². The molecule has 0 spiro atoms. The summed E-state index contributed by atoms with van der Waals surface area (Å²) in [4.78, 5) is 41.7. The average molecular weight is 498 g/mol. The van der Waals surface area contributed by atoms with Crippen molar-refractivity contribution in [2.24, 2.45) is 0 Å². The Kier molecular flexibility index (Phi) is 6.19. The summed E-state index contributed by atoms with van der Waals surface area (Å²) >= 11 is 0. The number of hydrogen-bond donors (Lipinski definition) is 2. The number of nitrogens with one attached hydrogen (secondary N) is 2. The van der Waals surface area contributed by atoms with E-state index in [0.29, 0.717) is 37.3 Å². The summed E-state index contributed by atoms with van der Waals surface area (Å²) in [5.74, 6) is 2.89. The zero-order valence-corrected chi connectivity index (χ0v) is 20.5. The SMILES string of the molecule is CC1COCCN1c1nc(-c2ccc(Nc3cncc(=O)[nH]3)cc2)nc2c1CCN(c1ncccn1)C2. The maximum Gasteiger partial charge on any atom is 0.267 e. The quantitative estimate of drug-likeness (QED) is 0.425. The molecule has 0 amide bonds. The molecule has 2 aliphatic rings. The van der Waals surface area contributed by atoms with E-state index in [9.17, 15) is 4.79 Å². The van der Waals surface area contributed by atoms with Crippen LogP contribution >= 0.6 is 0 Å². The van der Waals surface area contributed by atoms with Gasteiger partial charge in [-0.1, -0.05) is 0 Å². The van der Waals surface area contributed by atoms with Crippen molar-refractivity contribution in [3.63, 3.8) is 0 Å². The second-order valence-electron chi connectivity index (χ2n) is 9.15. The lowest BCUT2D eigenvalue weighted by atomic mass is 10.0. The van der Waals surface area contributed by atoms with E-state index in [2.05, 4.69) is 42.0 Å². The second kappa shape index (κ2) is 9.94. The van der Waals surface area contributed by atoms with Crippen LogP contribution in [0.15, 0.2) is 59.9 Å². The Bertz CT molecular complexity index is 1440. The van der Waals surface area contributed by atoms with Gasteiger partial charge < -0.3 is 24.8 Å². The Hall–Kier alpha value is -4.38. The molecule has 0 bridgehead atoms. The van der Waals surface area contributed by atoms with Gasteiger partial charge in [0.2, 0.25) is 5.95 Å². The fourth-order valence-electron chi connectivity index (χ4n) is 4.74. The predicted octanol–water partition coefficient (Wildman–Crippen LogP) is 2.55. The van der Waals surface area contributed by atoms with Crippen molar-refractivity contribution in [3.8, 4) is 11.4 Å². The fraction of sp³-hybridized carbons (Fsp3) is 0.308. The van der Waals surface area contributed by atoms with Crippen molar-refractivity contribution >= 4 is 23.3 Å². The molecule has 0 saturated carbocycles. The molecular weight excluding hydrogens is 470 g/mol. The molecule has 1 unspecified atom stereocenters. The van der Waals surface area contributed by atoms with Gasteiger partial charge in [0.1, 0.15) is 11.6 Å². The van der Waals surface area contributed by atoms with Gasteiger partial charge in [-0.2, -0.15) is 0 Å². The zero-order chi connectivity index (χ0) is 25.2. The van der Waals surface area contributed by atoms with Gasteiger partial charge in [0.25, 0.3) is 5.56 Å². The molecule has 2 N–H and O–H groups in total. The van der Waals surface area contributed by atoms with Crippen LogP contribution in [0.25, 0.3) is 11.4 Å². The number of anilines is 4. The van der Waals surface area contributed by atoms with Gasteiger partial charge in [0.05, 0.1) is 43.9 Å². The number of H-pyrrole nitrogens is 1. The highest BCUT2D eigenvalue weighted by Crippen LogP contribution is 2.32. The largest absolute Gasteiger partial charge is 0.377 e. The van der Waals surface area contributed by atoms with Gasteiger partial charge in [-0.3, -0.25) is 9.78 Å². The molecule has 0 radical (unpaired) electrons. The van der Waals surface area contributed by atoms with Gasteiger partial charge >= 0.3 is 0 Å². The maximum atomic E-state index is 11.5. The Morgan fingerprint density at radius 1 is 1.08 bits per heavy atom. The van der Waals surface area contributed by atoms with Crippen molar-refractivity contribution in [3.05, 3.63) is 76.7 Å². The molecule has 1 atom stereocenters. The number of ether oxygens (including phenoxy) is 1. The van der Waals surface area contributed by atoms with Gasteiger partial charge in [-0.25, -0.2) is 19.9 Å². The van der Waals surface area contributed by atoms with E-state index in [1.54, 1.807) is 18.6 Å². The van der Waals surface area contributed by atoms with Crippen LogP contribution < -0.4 is 20.7 Å². The summed E-state index contributed by atoms with van der Waals surface area (Å²) in [7, 11) is 0. The Morgan fingerprint density at radius 3 is 2.70 bits per heavy atom. The lowest BCUT2D eigenvalue weighted by Crippen LogP contribution is -2.45. The van der Waals surface area contributed by atoms with E-state index in [-0.39, 0.29) is 11.6 Å². The number of rotatable bonds is 5. The first-order valence-corrected chi connectivity index (χ1v) is 12.3. The van der Waals surface area contributed by atoms with Crippen LogP contribution in [0.3, 0.4) is 0 Å². The van der Waals surface area contributed by atoms with Crippen LogP contribution in [-0.4, -0.2) is 62.2 Å². The minimum atomic E-state index is -0.260. The highest BCUT2D eigenvalue weighted by molar-refractivity contribution is 5.66. The first-order valence-electron chi connectivity index (χ1n) is 12.3. The fourth-order valence-corrected chi connectivity index (χ4v) is 4.74. The highest BCUT2D eigenvalue weighted by Gasteiger charge is 2.29. The number of benzene rings is 1. The zero-order valence-electron chi connectivity index (χ0n) is 20.5. The Balaban J connectivity index is 1.35. The molecule has 1 aromatic carbocycles. The number of fused-ring (bicyclic) bond motifs is 1. The van der Waals surface area contributed by atoms with E-state index in [1.165, 1.54) is 11.8 Å². The van der Waals surface area contributed by atoms with Crippen LogP contribution in [-0.2, 0) is 17.7 Å². The minimum Gasteiger partial charge on any atom is -0.377 e. The van der Waals surface area contributed by atoms with Gasteiger partial charge in [0.15, 0.2) is 5.82 Å². The molecule has 5 heterocycles. The molecule has 37 heavy (non-hydrogen) atoms.